The van der Waals surface area contributed by atoms with E-state index < -0.39 is 22.5 Å². The molecule has 10 heteroatoms. The standard InChI is InChI=1S/C28H33N3O6S/c1-20(2)19-37-23-10-8-22(9-11-23)17-29-30-28(32)18-31(26-15-12-24(35-4)16-27(26)36-5)38(33,34)25-13-6-21(3)7-14-25/h6-17,20H,18-19H2,1-5H3,(H,30,32)/b29-17+. The molecule has 38 heavy (non-hydrogen) atoms. The van der Waals surface area contributed by atoms with Gasteiger partial charge in [0.2, 0.25) is 0 Å². The first-order chi connectivity index (χ1) is 18.1. The molecular formula is C28H33N3O6S. The smallest absolute Gasteiger partial charge is 0.264 e. The summed E-state index contributed by atoms with van der Waals surface area (Å²) in [6, 6.07) is 18.3. The van der Waals surface area contributed by atoms with E-state index in [4.69, 9.17) is 14.2 Å². The van der Waals surface area contributed by atoms with Crippen molar-refractivity contribution in [1.29, 1.82) is 0 Å². The number of amides is 1. The van der Waals surface area contributed by atoms with Gasteiger partial charge in [0.15, 0.2) is 0 Å². The molecule has 202 valence electrons. The molecule has 0 saturated heterocycles. The van der Waals surface area contributed by atoms with Crippen molar-refractivity contribution in [2.75, 3.05) is 31.7 Å². The number of carbonyl (C=O) groups excluding carboxylic acids is 1. The van der Waals surface area contributed by atoms with Gasteiger partial charge in [-0.25, -0.2) is 13.8 Å². The van der Waals surface area contributed by atoms with Crippen LogP contribution in [-0.2, 0) is 14.8 Å². The summed E-state index contributed by atoms with van der Waals surface area (Å²) in [5.74, 6) is 1.24. The van der Waals surface area contributed by atoms with Crippen molar-refractivity contribution in [3.63, 3.8) is 0 Å². The highest BCUT2D eigenvalue weighted by molar-refractivity contribution is 7.92. The molecule has 0 aliphatic heterocycles. The van der Waals surface area contributed by atoms with Gasteiger partial charge in [0.25, 0.3) is 15.9 Å². The van der Waals surface area contributed by atoms with Crippen LogP contribution in [0.3, 0.4) is 0 Å². The molecule has 3 rings (SSSR count). The van der Waals surface area contributed by atoms with Gasteiger partial charge in [-0.1, -0.05) is 31.5 Å². The van der Waals surface area contributed by atoms with E-state index in [9.17, 15) is 13.2 Å². The molecule has 1 N–H and O–H groups in total. The van der Waals surface area contributed by atoms with Crippen LogP contribution in [0.4, 0.5) is 5.69 Å². The summed E-state index contributed by atoms with van der Waals surface area (Å²) in [6.07, 6.45) is 1.47. The van der Waals surface area contributed by atoms with Gasteiger partial charge in [-0.2, -0.15) is 5.10 Å². The van der Waals surface area contributed by atoms with Crippen molar-refractivity contribution in [3.8, 4) is 17.2 Å². The number of nitrogens with one attached hydrogen (secondary N) is 1. The largest absolute Gasteiger partial charge is 0.497 e. The molecule has 3 aromatic rings. The zero-order valence-electron chi connectivity index (χ0n) is 22.2. The van der Waals surface area contributed by atoms with Crippen LogP contribution >= 0.6 is 0 Å². The van der Waals surface area contributed by atoms with Crippen molar-refractivity contribution >= 4 is 27.8 Å². The monoisotopic (exact) mass is 539 g/mol. The predicted molar refractivity (Wildman–Crippen MR) is 148 cm³/mol. The molecule has 0 heterocycles. The van der Waals surface area contributed by atoms with Gasteiger partial charge in [0, 0.05) is 6.07 Å². The average molecular weight is 540 g/mol. The SMILES string of the molecule is COc1ccc(N(CC(=O)N/N=C/c2ccc(OCC(C)C)cc2)S(=O)(=O)c2ccc(C)cc2)c(OC)c1. The topological polar surface area (TPSA) is 107 Å². The number of aryl methyl sites for hydroxylation is 1. The first kappa shape index (κ1) is 28.5. The Balaban J connectivity index is 1.81. The van der Waals surface area contributed by atoms with Crippen LogP contribution in [0.2, 0.25) is 0 Å². The third-order valence-electron chi connectivity index (χ3n) is 5.42. The molecule has 0 saturated carbocycles. The van der Waals surface area contributed by atoms with E-state index in [0.717, 1.165) is 21.2 Å². The Kier molecular flexibility index (Phi) is 9.72. The summed E-state index contributed by atoms with van der Waals surface area (Å²) in [5, 5.41) is 3.99. The van der Waals surface area contributed by atoms with E-state index in [1.165, 1.54) is 38.6 Å². The molecule has 1 amide bonds. The lowest BCUT2D eigenvalue weighted by atomic mass is 10.2. The number of sulfonamides is 1. The first-order valence-corrected chi connectivity index (χ1v) is 13.4. The molecule has 0 atom stereocenters. The van der Waals surface area contributed by atoms with Gasteiger partial charge in [-0.3, -0.25) is 9.10 Å². The Hall–Kier alpha value is -4.05. The molecule has 0 unspecified atom stereocenters. The quantitative estimate of drug-likeness (QED) is 0.270. The van der Waals surface area contributed by atoms with E-state index in [0.29, 0.717) is 18.3 Å². The van der Waals surface area contributed by atoms with Crippen LogP contribution in [-0.4, -0.2) is 47.9 Å². The molecule has 0 aliphatic rings. The average Bonchev–Trinajstić information content (AvgIpc) is 2.91. The predicted octanol–water partition coefficient (Wildman–Crippen LogP) is 4.39. The first-order valence-electron chi connectivity index (χ1n) is 12.0. The number of ether oxygens (including phenoxy) is 3. The van der Waals surface area contributed by atoms with Gasteiger partial charge in [0.05, 0.1) is 37.6 Å². The van der Waals surface area contributed by atoms with Gasteiger partial charge in [-0.05, 0) is 66.9 Å². The van der Waals surface area contributed by atoms with E-state index in [1.807, 2.05) is 31.2 Å². The maximum Gasteiger partial charge on any atom is 0.264 e. The summed E-state index contributed by atoms with van der Waals surface area (Å²) < 4.78 is 44.6. The minimum Gasteiger partial charge on any atom is -0.497 e. The third-order valence-corrected chi connectivity index (χ3v) is 7.19. The van der Waals surface area contributed by atoms with Crippen LogP contribution in [0.5, 0.6) is 17.2 Å². The molecule has 0 aromatic heterocycles. The van der Waals surface area contributed by atoms with Crippen molar-refractivity contribution in [2.24, 2.45) is 11.0 Å². The van der Waals surface area contributed by atoms with Crippen molar-refractivity contribution < 1.29 is 27.4 Å². The number of hydrogen-bond donors (Lipinski definition) is 1. The van der Waals surface area contributed by atoms with Crippen molar-refractivity contribution in [3.05, 3.63) is 77.9 Å². The molecular weight excluding hydrogens is 506 g/mol. The summed E-state index contributed by atoms with van der Waals surface area (Å²) in [7, 11) is -1.22. The fourth-order valence-corrected chi connectivity index (χ4v) is 4.82. The van der Waals surface area contributed by atoms with Gasteiger partial charge < -0.3 is 14.2 Å². The van der Waals surface area contributed by atoms with Crippen molar-refractivity contribution in [2.45, 2.75) is 25.7 Å². The minimum absolute atomic E-state index is 0.0389. The Morgan fingerprint density at radius 2 is 1.63 bits per heavy atom. The fourth-order valence-electron chi connectivity index (χ4n) is 3.39. The number of rotatable bonds is 12. The van der Waals surface area contributed by atoms with Crippen LogP contribution in [0.15, 0.2) is 76.7 Å². The number of benzene rings is 3. The van der Waals surface area contributed by atoms with Crippen LogP contribution in [0.25, 0.3) is 0 Å². The lowest BCUT2D eigenvalue weighted by molar-refractivity contribution is -0.119. The lowest BCUT2D eigenvalue weighted by Crippen LogP contribution is -2.39. The normalized spacial score (nSPS) is 11.4. The van der Waals surface area contributed by atoms with Gasteiger partial charge in [0.1, 0.15) is 23.8 Å². The van der Waals surface area contributed by atoms with Crippen LogP contribution < -0.4 is 23.9 Å². The van der Waals surface area contributed by atoms with Crippen LogP contribution in [0.1, 0.15) is 25.0 Å². The molecule has 0 spiro atoms. The fraction of sp³-hybridized carbons (Fsp3) is 0.286. The summed E-state index contributed by atoms with van der Waals surface area (Å²) in [5.41, 5.74) is 4.24. The zero-order valence-corrected chi connectivity index (χ0v) is 23.0. The maximum absolute atomic E-state index is 13.6. The van der Waals surface area contributed by atoms with E-state index in [1.54, 1.807) is 24.3 Å². The highest BCUT2D eigenvalue weighted by atomic mass is 32.2. The highest BCUT2D eigenvalue weighted by Crippen LogP contribution is 2.35. The van der Waals surface area contributed by atoms with Gasteiger partial charge >= 0.3 is 0 Å². The molecule has 0 aliphatic carbocycles. The zero-order chi connectivity index (χ0) is 27.7. The number of anilines is 1. The van der Waals surface area contributed by atoms with E-state index in [-0.39, 0.29) is 16.3 Å². The minimum atomic E-state index is -4.13. The van der Waals surface area contributed by atoms with Crippen LogP contribution in [0, 0.1) is 12.8 Å². The number of methoxy groups -OCH3 is 2. The maximum atomic E-state index is 13.6. The Morgan fingerprint density at radius 1 is 0.974 bits per heavy atom. The lowest BCUT2D eigenvalue weighted by Gasteiger charge is -2.25. The molecule has 0 bridgehead atoms. The number of nitrogens with zero attached hydrogens (tertiary/aromatic N) is 2. The molecule has 0 fully saturated rings. The Bertz CT molecular complexity index is 1350. The number of carbonyl (C=O) groups is 1. The van der Waals surface area contributed by atoms with E-state index in [2.05, 4.69) is 24.4 Å². The van der Waals surface area contributed by atoms with E-state index >= 15 is 0 Å². The Labute approximate surface area is 224 Å². The number of hydrazone groups is 1. The summed E-state index contributed by atoms with van der Waals surface area (Å²) >= 11 is 0. The molecule has 3 aromatic carbocycles. The van der Waals surface area contributed by atoms with Gasteiger partial charge in [-0.15, -0.1) is 0 Å². The summed E-state index contributed by atoms with van der Waals surface area (Å²) in [6.45, 7) is 6.09. The highest BCUT2D eigenvalue weighted by Gasteiger charge is 2.29. The molecule has 9 nitrogen and oxygen atoms in total. The Morgan fingerprint density at radius 3 is 2.24 bits per heavy atom. The second-order valence-electron chi connectivity index (χ2n) is 8.93. The van der Waals surface area contributed by atoms with Crippen molar-refractivity contribution in [1.82, 2.24) is 5.43 Å². The second kappa shape index (κ2) is 13.0. The molecule has 0 radical (unpaired) electrons. The number of hydrogen-bond acceptors (Lipinski definition) is 7. The summed E-state index contributed by atoms with van der Waals surface area (Å²) in [4.78, 5) is 12.9. The second-order valence-corrected chi connectivity index (χ2v) is 10.8. The third kappa shape index (κ3) is 7.48.